The quantitative estimate of drug-likeness (QED) is 0.166. The van der Waals surface area contributed by atoms with Crippen LogP contribution in [-0.4, -0.2) is 76.7 Å². The lowest BCUT2D eigenvalue weighted by atomic mass is 9.91. The van der Waals surface area contributed by atoms with Crippen LogP contribution in [0.1, 0.15) is 72.0 Å². The molecule has 0 unspecified atom stereocenters. The van der Waals surface area contributed by atoms with Crippen LogP contribution >= 0.6 is 23.1 Å². The van der Waals surface area contributed by atoms with Crippen LogP contribution in [0.25, 0.3) is 0 Å². The third kappa shape index (κ3) is 14.2. The van der Waals surface area contributed by atoms with Crippen LogP contribution in [0, 0.1) is 30.6 Å². The molecule has 4 amide bonds. The molecule has 0 aliphatic carbocycles. The molecule has 0 aliphatic rings. The first-order valence-electron chi connectivity index (χ1n) is 14.5. The van der Waals surface area contributed by atoms with Gasteiger partial charge >= 0.3 is 6.09 Å². The molecule has 1 heterocycles. The van der Waals surface area contributed by atoms with Gasteiger partial charge in [0.25, 0.3) is 0 Å². The first-order valence-corrected chi connectivity index (χ1v) is 16.8. The maximum absolute atomic E-state index is 13.2. The van der Waals surface area contributed by atoms with Gasteiger partial charge in [-0.2, -0.15) is 11.8 Å². The van der Waals surface area contributed by atoms with Gasteiger partial charge in [-0.3, -0.25) is 14.4 Å². The van der Waals surface area contributed by atoms with E-state index in [2.05, 4.69) is 26.3 Å². The van der Waals surface area contributed by atoms with Gasteiger partial charge in [0.15, 0.2) is 0 Å². The average molecular weight is 630 g/mol. The molecule has 0 aliphatic heterocycles. The molecule has 0 saturated carbocycles. The number of hydrogen-bond acceptors (Lipinski definition) is 9. The number of amides is 4. The van der Waals surface area contributed by atoms with Crippen molar-refractivity contribution in [3.05, 3.63) is 16.1 Å². The highest BCUT2D eigenvalue weighted by atomic mass is 32.2. The van der Waals surface area contributed by atoms with Crippen molar-refractivity contribution >= 4 is 46.9 Å². The molecule has 0 spiro atoms. The molecule has 13 heteroatoms. The molecule has 5 N–H and O–H groups in total. The van der Waals surface area contributed by atoms with E-state index in [4.69, 9.17) is 4.74 Å². The SMILES string of the molecule is CSC[C@H](NC(=O)OCc1nc(C)cs1)C(=O)N[C@H](CC(C)C)[C@@H](O)C[C@@H](C)C(=O)N[C@@H](C(=O)NCC(C)C)C(C)C. The van der Waals surface area contributed by atoms with Gasteiger partial charge in [-0.15, -0.1) is 11.3 Å². The van der Waals surface area contributed by atoms with E-state index in [0.717, 1.165) is 5.69 Å². The Balaban J connectivity index is 2.83. The lowest BCUT2D eigenvalue weighted by Gasteiger charge is -2.30. The summed E-state index contributed by atoms with van der Waals surface area (Å²) in [4.78, 5) is 55.6. The summed E-state index contributed by atoms with van der Waals surface area (Å²) < 4.78 is 5.24. The predicted molar refractivity (Wildman–Crippen MR) is 168 cm³/mol. The summed E-state index contributed by atoms with van der Waals surface area (Å²) in [6.07, 6.45) is 0.602. The van der Waals surface area contributed by atoms with Crippen molar-refractivity contribution in [1.82, 2.24) is 26.3 Å². The van der Waals surface area contributed by atoms with E-state index in [1.54, 1.807) is 6.92 Å². The Hall–Kier alpha value is -2.38. The van der Waals surface area contributed by atoms with E-state index in [1.165, 1.54) is 23.1 Å². The lowest BCUT2D eigenvalue weighted by Crippen LogP contribution is -2.54. The van der Waals surface area contributed by atoms with Gasteiger partial charge in [0, 0.05) is 29.3 Å². The van der Waals surface area contributed by atoms with Crippen LogP contribution in [0.4, 0.5) is 4.79 Å². The Morgan fingerprint density at radius 3 is 2.14 bits per heavy atom. The van der Waals surface area contributed by atoms with Crippen molar-refractivity contribution in [3.8, 4) is 0 Å². The summed E-state index contributed by atoms with van der Waals surface area (Å²) in [6.45, 7) is 15.7. The number of thioether (sulfide) groups is 1. The van der Waals surface area contributed by atoms with Crippen molar-refractivity contribution in [1.29, 1.82) is 0 Å². The molecule has 1 rings (SSSR count). The Morgan fingerprint density at radius 2 is 1.62 bits per heavy atom. The standard InChI is InChI=1S/C29H51N5O6S2/c1-16(2)10-21(23(35)11-19(7)26(36)34-25(18(5)6)28(38)30-12-17(3)4)32-27(37)22(15-41-9)33-29(39)40-13-24-31-20(8)14-42-24/h14,16-19,21-23,25,35H,10-13,15H2,1-9H3,(H,30,38)(H,32,37)(H,33,39)(H,34,36)/t19-,21-,22+,23+,25-/m1/s1. The van der Waals surface area contributed by atoms with E-state index < -0.39 is 42.1 Å². The summed E-state index contributed by atoms with van der Waals surface area (Å²) in [5, 5.41) is 24.8. The number of carbonyl (C=O) groups is 4. The number of thiazole rings is 1. The summed E-state index contributed by atoms with van der Waals surface area (Å²) >= 11 is 2.77. The number of aromatic nitrogens is 1. The molecule has 0 radical (unpaired) electrons. The van der Waals surface area contributed by atoms with Crippen LogP contribution in [0.5, 0.6) is 0 Å². The van der Waals surface area contributed by atoms with Gasteiger partial charge in [-0.1, -0.05) is 48.5 Å². The molecule has 5 atom stereocenters. The largest absolute Gasteiger partial charge is 0.442 e. The topological polar surface area (TPSA) is 159 Å². The fourth-order valence-electron chi connectivity index (χ4n) is 4.11. The van der Waals surface area contributed by atoms with Crippen LogP contribution < -0.4 is 21.3 Å². The molecular weight excluding hydrogens is 578 g/mol. The maximum Gasteiger partial charge on any atom is 0.408 e. The number of nitrogens with zero attached hydrogens (tertiary/aromatic N) is 1. The molecule has 1 aromatic heterocycles. The number of rotatable bonds is 18. The number of alkyl carbamates (subject to hydrolysis) is 1. The zero-order valence-electron chi connectivity index (χ0n) is 26.5. The van der Waals surface area contributed by atoms with E-state index in [9.17, 15) is 24.3 Å². The minimum absolute atomic E-state index is 0.00361. The second-order valence-corrected chi connectivity index (χ2v) is 13.8. The first kappa shape index (κ1) is 37.6. The second kappa shape index (κ2) is 19.0. The van der Waals surface area contributed by atoms with Crippen LogP contribution in [-0.2, 0) is 25.7 Å². The highest BCUT2D eigenvalue weighted by Gasteiger charge is 2.31. The normalized spacial score (nSPS) is 15.1. The summed E-state index contributed by atoms with van der Waals surface area (Å²) in [7, 11) is 0. The lowest BCUT2D eigenvalue weighted by molar-refractivity contribution is -0.132. The molecule has 0 saturated heterocycles. The molecule has 240 valence electrons. The summed E-state index contributed by atoms with van der Waals surface area (Å²) in [5.41, 5.74) is 0.840. The number of hydrogen-bond donors (Lipinski definition) is 5. The summed E-state index contributed by atoms with van der Waals surface area (Å²) in [6, 6.07) is -2.23. The second-order valence-electron chi connectivity index (χ2n) is 11.9. The van der Waals surface area contributed by atoms with Crippen LogP contribution in [0.2, 0.25) is 0 Å². The first-order chi connectivity index (χ1) is 19.6. The smallest absolute Gasteiger partial charge is 0.408 e. The van der Waals surface area contributed by atoms with Gasteiger partial charge < -0.3 is 31.1 Å². The monoisotopic (exact) mass is 629 g/mol. The van der Waals surface area contributed by atoms with Gasteiger partial charge in [0.2, 0.25) is 17.7 Å². The third-order valence-corrected chi connectivity index (χ3v) is 8.03. The van der Waals surface area contributed by atoms with Crippen molar-refractivity contribution in [2.75, 3.05) is 18.6 Å². The van der Waals surface area contributed by atoms with Gasteiger partial charge in [0.1, 0.15) is 23.7 Å². The molecule has 1 aromatic rings. The molecular formula is C29H51N5O6S2. The Morgan fingerprint density at radius 1 is 0.952 bits per heavy atom. The third-order valence-electron chi connectivity index (χ3n) is 6.43. The number of carbonyl (C=O) groups excluding carboxylic acids is 4. The van der Waals surface area contributed by atoms with E-state index in [-0.39, 0.29) is 42.6 Å². The van der Waals surface area contributed by atoms with Crippen LogP contribution in [0.15, 0.2) is 5.38 Å². The van der Waals surface area contributed by atoms with E-state index >= 15 is 0 Å². The predicted octanol–water partition coefficient (Wildman–Crippen LogP) is 3.24. The minimum atomic E-state index is -1.03. The highest BCUT2D eigenvalue weighted by molar-refractivity contribution is 7.98. The molecule has 0 bridgehead atoms. The average Bonchev–Trinajstić information content (AvgIpc) is 3.32. The van der Waals surface area contributed by atoms with Crippen molar-refractivity contribution in [2.24, 2.45) is 23.7 Å². The van der Waals surface area contributed by atoms with E-state index in [1.807, 2.05) is 60.1 Å². The fraction of sp³-hybridized carbons (Fsp3) is 0.759. The number of aryl methyl sites for hydroxylation is 1. The van der Waals surface area contributed by atoms with Crippen LogP contribution in [0.3, 0.4) is 0 Å². The fourth-order valence-corrected chi connectivity index (χ4v) is 5.36. The molecule has 0 fully saturated rings. The highest BCUT2D eigenvalue weighted by Crippen LogP contribution is 2.17. The Labute approximate surface area is 259 Å². The van der Waals surface area contributed by atoms with Crippen molar-refractivity contribution < 1.29 is 29.0 Å². The molecule has 0 aromatic carbocycles. The zero-order valence-corrected chi connectivity index (χ0v) is 28.1. The Bertz CT molecular complexity index is 1000. The van der Waals surface area contributed by atoms with Gasteiger partial charge in [0.05, 0.1) is 12.1 Å². The maximum atomic E-state index is 13.2. The Kier molecular flexibility index (Phi) is 17.0. The van der Waals surface area contributed by atoms with Crippen molar-refractivity contribution in [2.45, 2.75) is 99.1 Å². The van der Waals surface area contributed by atoms with Gasteiger partial charge in [-0.05, 0) is 43.8 Å². The number of aliphatic hydroxyl groups is 1. The van der Waals surface area contributed by atoms with Crippen molar-refractivity contribution in [3.63, 3.8) is 0 Å². The van der Waals surface area contributed by atoms with E-state index in [0.29, 0.717) is 23.7 Å². The molecule has 11 nitrogen and oxygen atoms in total. The summed E-state index contributed by atoms with van der Waals surface area (Å²) in [5.74, 6) is -1.04. The molecule has 42 heavy (non-hydrogen) atoms. The minimum Gasteiger partial charge on any atom is -0.442 e. The zero-order chi connectivity index (χ0) is 32.0. The number of ether oxygens (including phenoxy) is 1. The number of nitrogens with one attached hydrogen (secondary N) is 4. The number of aliphatic hydroxyl groups excluding tert-OH is 1. The van der Waals surface area contributed by atoms with Gasteiger partial charge in [-0.25, -0.2) is 9.78 Å².